The molecular weight excluding hydrogens is 474 g/mol. The zero-order chi connectivity index (χ0) is 25.7. The number of H-pyrrole nitrogens is 1. The fourth-order valence-corrected chi connectivity index (χ4v) is 4.85. The van der Waals surface area contributed by atoms with Crippen LogP contribution >= 0.6 is 11.6 Å². The molecule has 2 N–H and O–H groups in total. The number of carbonyl (C=O) groups is 1. The van der Waals surface area contributed by atoms with E-state index < -0.39 is 0 Å². The molecule has 1 amide bonds. The highest BCUT2D eigenvalue weighted by atomic mass is 35.5. The van der Waals surface area contributed by atoms with E-state index in [-0.39, 0.29) is 19.5 Å². The van der Waals surface area contributed by atoms with Crippen LogP contribution in [0.2, 0.25) is 5.02 Å². The van der Waals surface area contributed by atoms with Gasteiger partial charge in [0.25, 0.3) is 0 Å². The van der Waals surface area contributed by atoms with Crippen LogP contribution in [0.15, 0.2) is 42.5 Å². The topological polar surface area (TPSA) is 66.6 Å². The second kappa shape index (κ2) is 12.0. The molecule has 196 valence electrons. The van der Waals surface area contributed by atoms with E-state index in [0.29, 0.717) is 30.8 Å². The molecule has 7 heteroatoms. The minimum atomic E-state index is -0.286. The Morgan fingerprint density at radius 2 is 1.94 bits per heavy atom. The molecule has 1 aliphatic heterocycles. The van der Waals surface area contributed by atoms with E-state index in [9.17, 15) is 4.79 Å². The lowest BCUT2D eigenvalue weighted by molar-refractivity contribution is 0.0797. The minimum absolute atomic E-state index is 0. The Morgan fingerprint density at radius 1 is 1.17 bits per heavy atom. The van der Waals surface area contributed by atoms with Gasteiger partial charge in [-0.1, -0.05) is 51.4 Å². The summed E-state index contributed by atoms with van der Waals surface area (Å²) in [5, 5.41) is 5.25. The third kappa shape index (κ3) is 6.34. The maximum absolute atomic E-state index is 13.1. The summed E-state index contributed by atoms with van der Waals surface area (Å²) < 4.78 is 11.6. The first kappa shape index (κ1) is 26.4. The average Bonchev–Trinajstić information content (AvgIpc) is 3.22. The standard InChI is InChI=1S/C29H38ClN3O3.H2/c1-19(2)18-36-29(34)33-15-13-24-25-17-22(30)9-12-26(25)32-27(24)28(33)21-7-10-23(11-8-21)35-16-6-5-14-31-20(3)4;/h7-12,17,19-20,28,31-32H,5-6,13-16,18H2,1-4H3;1H. The highest BCUT2D eigenvalue weighted by Gasteiger charge is 2.35. The third-order valence-electron chi connectivity index (χ3n) is 6.45. The molecule has 1 aliphatic rings. The highest BCUT2D eigenvalue weighted by Crippen LogP contribution is 2.39. The number of nitrogens with zero attached hydrogens (tertiary/aromatic N) is 1. The predicted octanol–water partition coefficient (Wildman–Crippen LogP) is 6.96. The SMILES string of the molecule is CC(C)COC(=O)N1CCc2c([nH]c3ccc(Cl)cc23)C1c1ccc(OCCCCNC(C)C)cc1.[HH]. The van der Waals surface area contributed by atoms with E-state index in [0.717, 1.165) is 53.7 Å². The summed E-state index contributed by atoms with van der Waals surface area (Å²) >= 11 is 6.31. The molecule has 36 heavy (non-hydrogen) atoms. The number of nitrogens with one attached hydrogen (secondary N) is 2. The van der Waals surface area contributed by atoms with Crippen LogP contribution in [0.5, 0.6) is 5.75 Å². The monoisotopic (exact) mass is 513 g/mol. The molecule has 0 saturated carbocycles. The molecule has 2 aromatic carbocycles. The number of benzene rings is 2. The zero-order valence-corrected chi connectivity index (χ0v) is 22.5. The van der Waals surface area contributed by atoms with Gasteiger partial charge in [0.15, 0.2) is 0 Å². The molecule has 0 bridgehead atoms. The second-order valence-electron chi connectivity index (χ2n) is 10.3. The van der Waals surface area contributed by atoms with Crippen molar-refractivity contribution in [3.8, 4) is 5.75 Å². The Labute approximate surface area is 220 Å². The summed E-state index contributed by atoms with van der Waals surface area (Å²) in [6.07, 6.45) is 2.54. The number of aromatic nitrogens is 1. The molecule has 0 fully saturated rings. The number of ether oxygens (including phenoxy) is 2. The molecule has 4 rings (SSSR count). The quantitative estimate of drug-likeness (QED) is 0.287. The van der Waals surface area contributed by atoms with E-state index in [4.69, 9.17) is 21.1 Å². The van der Waals surface area contributed by atoms with Crippen LogP contribution in [0.3, 0.4) is 0 Å². The summed E-state index contributed by atoms with van der Waals surface area (Å²) in [4.78, 5) is 18.5. The van der Waals surface area contributed by atoms with Gasteiger partial charge in [-0.25, -0.2) is 4.79 Å². The number of halogens is 1. The molecule has 2 heterocycles. The minimum Gasteiger partial charge on any atom is -0.494 e. The van der Waals surface area contributed by atoms with Gasteiger partial charge in [-0.05, 0) is 73.2 Å². The molecule has 3 aromatic rings. The van der Waals surface area contributed by atoms with Gasteiger partial charge in [0.1, 0.15) is 11.8 Å². The van der Waals surface area contributed by atoms with Gasteiger partial charge in [0, 0.05) is 35.6 Å². The summed E-state index contributed by atoms with van der Waals surface area (Å²) in [7, 11) is 0. The van der Waals surface area contributed by atoms with Crippen molar-refractivity contribution in [2.24, 2.45) is 5.92 Å². The Hall–Kier alpha value is -2.70. The van der Waals surface area contributed by atoms with Crippen molar-refractivity contribution in [3.63, 3.8) is 0 Å². The lowest BCUT2D eigenvalue weighted by Crippen LogP contribution is -2.41. The summed E-state index contributed by atoms with van der Waals surface area (Å²) in [5.74, 6) is 1.12. The van der Waals surface area contributed by atoms with Crippen LogP contribution < -0.4 is 10.1 Å². The average molecular weight is 514 g/mol. The van der Waals surface area contributed by atoms with Crippen molar-refractivity contribution in [2.45, 2.75) is 59.0 Å². The second-order valence-corrected chi connectivity index (χ2v) is 10.7. The van der Waals surface area contributed by atoms with Gasteiger partial charge in [-0.2, -0.15) is 0 Å². The Bertz CT molecular complexity index is 1160. The van der Waals surface area contributed by atoms with E-state index in [1.807, 2.05) is 49.1 Å². The molecule has 1 aromatic heterocycles. The molecule has 0 radical (unpaired) electrons. The lowest BCUT2D eigenvalue weighted by Gasteiger charge is -2.35. The largest absolute Gasteiger partial charge is 0.494 e. The molecule has 1 unspecified atom stereocenters. The lowest BCUT2D eigenvalue weighted by atomic mass is 9.92. The fourth-order valence-electron chi connectivity index (χ4n) is 4.68. The van der Waals surface area contributed by atoms with Crippen LogP contribution in [0, 0.1) is 5.92 Å². The van der Waals surface area contributed by atoms with Gasteiger partial charge in [0.05, 0.1) is 13.2 Å². The van der Waals surface area contributed by atoms with E-state index in [1.165, 1.54) is 5.56 Å². The number of amides is 1. The summed E-state index contributed by atoms with van der Waals surface area (Å²) in [6, 6.07) is 14.2. The molecule has 0 saturated heterocycles. The molecule has 6 nitrogen and oxygen atoms in total. The van der Waals surface area contributed by atoms with Gasteiger partial charge >= 0.3 is 6.09 Å². The number of unbranched alkanes of at least 4 members (excludes halogenated alkanes) is 1. The third-order valence-corrected chi connectivity index (χ3v) is 6.69. The van der Waals surface area contributed by atoms with Crippen molar-refractivity contribution in [2.75, 3.05) is 26.3 Å². The Kier molecular flexibility index (Phi) is 8.81. The van der Waals surface area contributed by atoms with Crippen molar-refractivity contribution in [1.29, 1.82) is 0 Å². The van der Waals surface area contributed by atoms with Crippen molar-refractivity contribution in [3.05, 3.63) is 64.3 Å². The molecule has 0 spiro atoms. The van der Waals surface area contributed by atoms with Crippen molar-refractivity contribution < 1.29 is 15.7 Å². The van der Waals surface area contributed by atoms with Gasteiger partial charge in [-0.3, -0.25) is 4.90 Å². The van der Waals surface area contributed by atoms with Crippen molar-refractivity contribution >= 4 is 28.6 Å². The molecular formula is C29H40ClN3O3. The highest BCUT2D eigenvalue weighted by molar-refractivity contribution is 6.31. The Morgan fingerprint density at radius 3 is 2.67 bits per heavy atom. The first-order chi connectivity index (χ1) is 17.3. The first-order valence-corrected chi connectivity index (χ1v) is 13.4. The van der Waals surface area contributed by atoms with Gasteiger partial charge in [-0.15, -0.1) is 0 Å². The van der Waals surface area contributed by atoms with Crippen LogP contribution in [0.1, 0.15) is 64.8 Å². The first-order valence-electron chi connectivity index (χ1n) is 13.0. The summed E-state index contributed by atoms with van der Waals surface area (Å²) in [5.41, 5.74) is 4.27. The van der Waals surface area contributed by atoms with E-state index in [2.05, 4.69) is 36.3 Å². The van der Waals surface area contributed by atoms with Crippen molar-refractivity contribution in [1.82, 2.24) is 15.2 Å². The number of carbonyl (C=O) groups excluding carboxylic acids is 1. The smallest absolute Gasteiger partial charge is 0.410 e. The van der Waals surface area contributed by atoms with Crippen LogP contribution in [0.25, 0.3) is 10.9 Å². The van der Waals surface area contributed by atoms with E-state index >= 15 is 0 Å². The van der Waals surface area contributed by atoms with E-state index in [1.54, 1.807) is 0 Å². The maximum atomic E-state index is 13.1. The van der Waals surface area contributed by atoms with Crippen LogP contribution in [-0.2, 0) is 11.2 Å². The maximum Gasteiger partial charge on any atom is 0.410 e. The Balaban J connectivity index is 0.00000380. The number of aromatic amines is 1. The number of rotatable bonds is 10. The van der Waals surface area contributed by atoms with Crippen LogP contribution in [0.4, 0.5) is 4.79 Å². The number of hydrogen-bond donors (Lipinski definition) is 2. The fraction of sp³-hybridized carbons (Fsp3) is 0.483. The number of hydrogen-bond acceptors (Lipinski definition) is 4. The van der Waals surface area contributed by atoms with Gasteiger partial charge < -0.3 is 19.8 Å². The molecule has 0 aliphatic carbocycles. The van der Waals surface area contributed by atoms with Crippen LogP contribution in [-0.4, -0.2) is 48.3 Å². The normalized spacial score (nSPS) is 15.5. The zero-order valence-electron chi connectivity index (χ0n) is 21.8. The summed E-state index contributed by atoms with van der Waals surface area (Å²) in [6.45, 7) is 11.1. The number of fused-ring (bicyclic) bond motifs is 3. The van der Waals surface area contributed by atoms with Gasteiger partial charge in [0.2, 0.25) is 0 Å². The molecule has 1 atom stereocenters. The predicted molar refractivity (Wildman–Crippen MR) is 148 cm³/mol.